The Balaban J connectivity index is 2.72. The zero-order valence-electron chi connectivity index (χ0n) is 11.5. The van der Waals surface area contributed by atoms with Gasteiger partial charge in [0.1, 0.15) is 0 Å². The second-order valence-corrected chi connectivity index (χ2v) is 7.27. The monoisotopic (exact) mass is 329 g/mol. The second kappa shape index (κ2) is 8.23. The zero-order chi connectivity index (χ0) is 13.5. The van der Waals surface area contributed by atoms with Crippen LogP contribution in [-0.2, 0) is 0 Å². The SMILES string of the molecule is CCC(N)C(SCCC(C)C)c1cccc(Br)c1. The molecule has 0 aliphatic rings. The molecule has 0 heterocycles. The summed E-state index contributed by atoms with van der Waals surface area (Å²) in [6.07, 6.45) is 2.28. The Morgan fingerprint density at radius 2 is 2.06 bits per heavy atom. The van der Waals surface area contributed by atoms with Crippen LogP contribution < -0.4 is 5.73 Å². The van der Waals surface area contributed by atoms with Gasteiger partial charge in [0.25, 0.3) is 0 Å². The molecule has 2 unspecified atom stereocenters. The van der Waals surface area contributed by atoms with Crippen LogP contribution in [0.3, 0.4) is 0 Å². The van der Waals surface area contributed by atoms with Gasteiger partial charge in [0, 0.05) is 15.8 Å². The Labute approximate surface area is 124 Å². The highest BCUT2D eigenvalue weighted by molar-refractivity contribution is 9.10. The molecule has 0 saturated carbocycles. The molecule has 2 atom stereocenters. The summed E-state index contributed by atoms with van der Waals surface area (Å²) in [7, 11) is 0. The maximum atomic E-state index is 6.28. The minimum absolute atomic E-state index is 0.233. The number of halogens is 1. The summed E-state index contributed by atoms with van der Waals surface area (Å²) in [5.74, 6) is 1.95. The Morgan fingerprint density at radius 3 is 2.61 bits per heavy atom. The number of hydrogen-bond acceptors (Lipinski definition) is 2. The van der Waals surface area contributed by atoms with Crippen LogP contribution in [0.4, 0.5) is 0 Å². The quantitative estimate of drug-likeness (QED) is 0.761. The first-order valence-electron chi connectivity index (χ1n) is 6.67. The highest BCUT2D eigenvalue weighted by Gasteiger charge is 2.19. The smallest absolute Gasteiger partial charge is 0.0448 e. The van der Waals surface area contributed by atoms with Gasteiger partial charge in [0.2, 0.25) is 0 Å². The average Bonchev–Trinajstić information content (AvgIpc) is 2.33. The highest BCUT2D eigenvalue weighted by Crippen LogP contribution is 2.34. The van der Waals surface area contributed by atoms with Crippen LogP contribution in [-0.4, -0.2) is 11.8 Å². The maximum Gasteiger partial charge on any atom is 0.0448 e. The van der Waals surface area contributed by atoms with Crippen molar-refractivity contribution in [2.24, 2.45) is 11.7 Å². The van der Waals surface area contributed by atoms with E-state index in [1.54, 1.807) is 0 Å². The van der Waals surface area contributed by atoms with Crippen molar-refractivity contribution in [2.75, 3.05) is 5.75 Å². The standard InChI is InChI=1S/C15H24BrNS/c1-4-14(17)15(18-9-8-11(2)3)12-6-5-7-13(16)10-12/h5-7,10-11,14-15H,4,8-9,17H2,1-3H3. The molecule has 3 heteroatoms. The van der Waals surface area contributed by atoms with Crippen LogP contribution >= 0.6 is 27.7 Å². The van der Waals surface area contributed by atoms with E-state index in [9.17, 15) is 0 Å². The molecule has 0 fully saturated rings. The summed E-state index contributed by atoms with van der Waals surface area (Å²) in [4.78, 5) is 0. The second-order valence-electron chi connectivity index (χ2n) is 5.10. The molecular weight excluding hydrogens is 306 g/mol. The van der Waals surface area contributed by atoms with Crippen molar-refractivity contribution in [1.29, 1.82) is 0 Å². The van der Waals surface area contributed by atoms with Gasteiger partial charge in [-0.3, -0.25) is 0 Å². The van der Waals surface area contributed by atoms with E-state index in [1.165, 1.54) is 17.7 Å². The average molecular weight is 330 g/mol. The fraction of sp³-hybridized carbons (Fsp3) is 0.600. The van der Waals surface area contributed by atoms with Gasteiger partial charge in [-0.05, 0) is 42.2 Å². The van der Waals surface area contributed by atoms with Crippen LogP contribution in [0.2, 0.25) is 0 Å². The van der Waals surface area contributed by atoms with Crippen molar-refractivity contribution in [3.8, 4) is 0 Å². The fourth-order valence-corrected chi connectivity index (χ4v) is 3.85. The number of hydrogen-bond donors (Lipinski definition) is 1. The van der Waals surface area contributed by atoms with Crippen molar-refractivity contribution >= 4 is 27.7 Å². The fourth-order valence-electron chi connectivity index (χ4n) is 1.80. The Bertz CT molecular complexity index is 354. The van der Waals surface area contributed by atoms with E-state index in [0.29, 0.717) is 5.25 Å². The predicted molar refractivity (Wildman–Crippen MR) is 87.1 cm³/mol. The lowest BCUT2D eigenvalue weighted by atomic mass is 10.0. The molecule has 0 aliphatic carbocycles. The van der Waals surface area contributed by atoms with Crippen molar-refractivity contribution in [1.82, 2.24) is 0 Å². The first-order chi connectivity index (χ1) is 8.54. The minimum Gasteiger partial charge on any atom is -0.326 e. The lowest BCUT2D eigenvalue weighted by Crippen LogP contribution is -2.26. The Morgan fingerprint density at radius 1 is 1.33 bits per heavy atom. The summed E-state index contributed by atoms with van der Waals surface area (Å²) < 4.78 is 1.14. The molecule has 0 aromatic heterocycles. The molecule has 0 bridgehead atoms. The molecule has 1 nitrogen and oxygen atoms in total. The lowest BCUT2D eigenvalue weighted by molar-refractivity contribution is 0.618. The first-order valence-corrected chi connectivity index (χ1v) is 8.51. The minimum atomic E-state index is 0.233. The Hall–Kier alpha value is 0.01000. The van der Waals surface area contributed by atoms with E-state index >= 15 is 0 Å². The van der Waals surface area contributed by atoms with E-state index in [1.807, 2.05) is 11.8 Å². The summed E-state index contributed by atoms with van der Waals surface area (Å²) in [6, 6.07) is 8.78. The molecular formula is C15H24BrNS. The van der Waals surface area contributed by atoms with E-state index in [4.69, 9.17) is 5.73 Å². The van der Waals surface area contributed by atoms with E-state index in [-0.39, 0.29) is 6.04 Å². The molecule has 1 aromatic rings. The topological polar surface area (TPSA) is 26.0 Å². The van der Waals surface area contributed by atoms with Gasteiger partial charge in [0.05, 0.1) is 0 Å². The maximum absolute atomic E-state index is 6.28. The van der Waals surface area contributed by atoms with Crippen LogP contribution in [0.5, 0.6) is 0 Å². The third-order valence-electron chi connectivity index (χ3n) is 3.03. The van der Waals surface area contributed by atoms with Crippen molar-refractivity contribution in [3.63, 3.8) is 0 Å². The third kappa shape index (κ3) is 5.33. The number of thioether (sulfide) groups is 1. The molecule has 102 valence electrons. The van der Waals surface area contributed by atoms with Gasteiger partial charge in [-0.15, -0.1) is 0 Å². The van der Waals surface area contributed by atoms with Crippen LogP contribution in [0.25, 0.3) is 0 Å². The van der Waals surface area contributed by atoms with Crippen LogP contribution in [0, 0.1) is 5.92 Å². The van der Waals surface area contributed by atoms with Crippen LogP contribution in [0.1, 0.15) is 44.4 Å². The predicted octanol–water partition coefficient (Wildman–Crippen LogP) is 5.01. The lowest BCUT2D eigenvalue weighted by Gasteiger charge is -2.23. The summed E-state index contributed by atoms with van der Waals surface area (Å²) in [5.41, 5.74) is 7.62. The molecule has 0 spiro atoms. The van der Waals surface area contributed by atoms with E-state index < -0.39 is 0 Å². The van der Waals surface area contributed by atoms with Gasteiger partial charge in [0.15, 0.2) is 0 Å². The zero-order valence-corrected chi connectivity index (χ0v) is 13.9. The van der Waals surface area contributed by atoms with E-state index in [2.05, 4.69) is 61.0 Å². The summed E-state index contributed by atoms with van der Waals surface area (Å²) in [6.45, 7) is 6.71. The first kappa shape index (κ1) is 16.1. The van der Waals surface area contributed by atoms with Crippen molar-refractivity contribution in [2.45, 2.75) is 44.9 Å². The molecule has 0 amide bonds. The molecule has 1 aromatic carbocycles. The summed E-state index contributed by atoms with van der Waals surface area (Å²) >= 11 is 5.54. The number of rotatable bonds is 7. The molecule has 0 saturated heterocycles. The molecule has 2 N–H and O–H groups in total. The van der Waals surface area contributed by atoms with Gasteiger partial charge < -0.3 is 5.73 Å². The molecule has 18 heavy (non-hydrogen) atoms. The van der Waals surface area contributed by atoms with Gasteiger partial charge in [-0.1, -0.05) is 48.8 Å². The third-order valence-corrected chi connectivity index (χ3v) is 4.98. The van der Waals surface area contributed by atoms with Gasteiger partial charge in [-0.25, -0.2) is 0 Å². The van der Waals surface area contributed by atoms with Crippen molar-refractivity contribution < 1.29 is 0 Å². The highest BCUT2D eigenvalue weighted by atomic mass is 79.9. The van der Waals surface area contributed by atoms with E-state index in [0.717, 1.165) is 16.8 Å². The van der Waals surface area contributed by atoms with Gasteiger partial charge >= 0.3 is 0 Å². The molecule has 0 radical (unpaired) electrons. The molecule has 1 rings (SSSR count). The number of nitrogens with two attached hydrogens (primary N) is 1. The van der Waals surface area contributed by atoms with Crippen molar-refractivity contribution in [3.05, 3.63) is 34.3 Å². The Kier molecular flexibility index (Phi) is 7.35. The number of benzene rings is 1. The van der Waals surface area contributed by atoms with Crippen LogP contribution in [0.15, 0.2) is 28.7 Å². The largest absolute Gasteiger partial charge is 0.326 e. The summed E-state index contributed by atoms with van der Waals surface area (Å²) in [5, 5.41) is 0.409. The molecule has 0 aliphatic heterocycles. The van der Waals surface area contributed by atoms with Gasteiger partial charge in [-0.2, -0.15) is 11.8 Å². The normalized spacial score (nSPS) is 14.8.